The van der Waals surface area contributed by atoms with Gasteiger partial charge in [0.2, 0.25) is 5.89 Å². The Labute approximate surface area is 105 Å². The number of nitrogens with two attached hydrogens (primary N) is 1. The molecule has 1 fully saturated rings. The molecule has 0 bridgehead atoms. The Bertz CT molecular complexity index is 325. The van der Waals surface area contributed by atoms with Crippen molar-refractivity contribution in [2.75, 3.05) is 18.0 Å². The normalized spacial score (nSPS) is 23.8. The smallest absolute Gasteiger partial charge is 0.318 e. The minimum Gasteiger partial charge on any atom is -0.408 e. The van der Waals surface area contributed by atoms with Crippen LogP contribution in [0.25, 0.3) is 0 Å². The third-order valence-electron chi connectivity index (χ3n) is 2.40. The van der Waals surface area contributed by atoms with Crippen LogP contribution < -0.4 is 10.6 Å². The first-order chi connectivity index (χ1) is 6.70. The van der Waals surface area contributed by atoms with Gasteiger partial charge in [0.05, 0.1) is 6.54 Å². The standard InChI is InChI=1S/C8H13FN4O.2ClH/c1-5-11-12-8(14-5)13-4-6(9)2-7(13)3-10;;/h6-7H,2-4,10H2,1H3;2*1H. The van der Waals surface area contributed by atoms with Crippen LogP contribution in [0.4, 0.5) is 10.4 Å². The molecule has 1 aromatic heterocycles. The van der Waals surface area contributed by atoms with E-state index < -0.39 is 6.17 Å². The minimum absolute atomic E-state index is 0. The van der Waals surface area contributed by atoms with Crippen LogP contribution in [-0.4, -0.2) is 35.5 Å². The highest BCUT2D eigenvalue weighted by Crippen LogP contribution is 2.25. The van der Waals surface area contributed by atoms with E-state index in [0.717, 1.165) is 0 Å². The van der Waals surface area contributed by atoms with Gasteiger partial charge in [-0.1, -0.05) is 5.10 Å². The first kappa shape index (κ1) is 15.4. The Morgan fingerprint density at radius 1 is 1.50 bits per heavy atom. The Kier molecular flexibility index (Phi) is 5.99. The maximum absolute atomic E-state index is 13.1. The summed E-state index contributed by atoms with van der Waals surface area (Å²) in [5.74, 6) is 0.484. The highest BCUT2D eigenvalue weighted by molar-refractivity contribution is 5.85. The molecule has 94 valence electrons. The molecule has 1 saturated heterocycles. The van der Waals surface area contributed by atoms with Gasteiger partial charge in [0.25, 0.3) is 0 Å². The lowest BCUT2D eigenvalue weighted by atomic mass is 10.2. The SMILES string of the molecule is Cc1nnc(N2CC(F)CC2CN)o1.Cl.Cl. The van der Waals surface area contributed by atoms with Crippen molar-refractivity contribution >= 4 is 30.8 Å². The van der Waals surface area contributed by atoms with E-state index in [9.17, 15) is 4.39 Å². The first-order valence-electron chi connectivity index (χ1n) is 4.61. The van der Waals surface area contributed by atoms with Gasteiger partial charge in [-0.15, -0.1) is 29.9 Å². The van der Waals surface area contributed by atoms with E-state index >= 15 is 0 Å². The minimum atomic E-state index is -0.851. The Morgan fingerprint density at radius 2 is 2.19 bits per heavy atom. The number of rotatable bonds is 2. The summed E-state index contributed by atoms with van der Waals surface area (Å²) in [6, 6.07) is 0.350. The first-order valence-corrected chi connectivity index (χ1v) is 4.61. The summed E-state index contributed by atoms with van der Waals surface area (Å²) in [7, 11) is 0. The molecule has 1 aromatic rings. The van der Waals surface area contributed by atoms with E-state index in [1.807, 2.05) is 0 Å². The number of alkyl halides is 1. The van der Waals surface area contributed by atoms with E-state index in [1.54, 1.807) is 11.8 Å². The van der Waals surface area contributed by atoms with Crippen LogP contribution >= 0.6 is 24.8 Å². The second-order valence-corrected chi connectivity index (χ2v) is 3.48. The van der Waals surface area contributed by atoms with E-state index in [4.69, 9.17) is 10.2 Å². The number of hydrogen-bond acceptors (Lipinski definition) is 5. The fraction of sp³-hybridized carbons (Fsp3) is 0.750. The molecule has 0 spiro atoms. The quantitative estimate of drug-likeness (QED) is 0.873. The predicted molar refractivity (Wildman–Crippen MR) is 63.2 cm³/mol. The zero-order valence-corrected chi connectivity index (χ0v) is 10.4. The van der Waals surface area contributed by atoms with E-state index in [1.165, 1.54) is 0 Å². The Morgan fingerprint density at radius 3 is 2.69 bits per heavy atom. The molecule has 8 heteroatoms. The average Bonchev–Trinajstić information content (AvgIpc) is 2.71. The van der Waals surface area contributed by atoms with E-state index in [2.05, 4.69) is 10.2 Å². The third-order valence-corrected chi connectivity index (χ3v) is 2.40. The molecular weight excluding hydrogens is 258 g/mol. The van der Waals surface area contributed by atoms with Crippen LogP contribution in [0.5, 0.6) is 0 Å². The van der Waals surface area contributed by atoms with Gasteiger partial charge in [0.1, 0.15) is 6.17 Å². The largest absolute Gasteiger partial charge is 0.408 e. The van der Waals surface area contributed by atoms with Gasteiger partial charge in [-0.05, 0) is 0 Å². The van der Waals surface area contributed by atoms with Crippen LogP contribution in [0.15, 0.2) is 4.42 Å². The zero-order valence-electron chi connectivity index (χ0n) is 8.80. The zero-order chi connectivity index (χ0) is 10.1. The molecule has 0 radical (unpaired) electrons. The van der Waals surface area contributed by atoms with E-state index in [0.29, 0.717) is 31.4 Å². The van der Waals surface area contributed by atoms with E-state index in [-0.39, 0.29) is 30.9 Å². The molecule has 2 heterocycles. The number of hydrogen-bond donors (Lipinski definition) is 1. The maximum Gasteiger partial charge on any atom is 0.318 e. The fourth-order valence-electron chi connectivity index (χ4n) is 1.72. The van der Waals surface area contributed by atoms with Crippen molar-refractivity contribution in [3.8, 4) is 0 Å². The lowest BCUT2D eigenvalue weighted by Crippen LogP contribution is -2.35. The van der Waals surface area contributed by atoms with Crippen molar-refractivity contribution in [1.29, 1.82) is 0 Å². The molecule has 2 N–H and O–H groups in total. The molecule has 2 atom stereocenters. The van der Waals surface area contributed by atoms with Gasteiger partial charge in [-0.25, -0.2) is 4.39 Å². The van der Waals surface area contributed by atoms with Crippen molar-refractivity contribution in [3.63, 3.8) is 0 Å². The number of aryl methyl sites for hydroxylation is 1. The van der Waals surface area contributed by atoms with Gasteiger partial charge in [-0.3, -0.25) is 0 Å². The highest BCUT2D eigenvalue weighted by Gasteiger charge is 2.34. The number of aromatic nitrogens is 2. The lowest BCUT2D eigenvalue weighted by molar-refractivity contribution is 0.356. The van der Waals surface area contributed by atoms with Crippen molar-refractivity contribution in [3.05, 3.63) is 5.89 Å². The molecular formula is C8H15Cl2FN4O. The van der Waals surface area contributed by atoms with Gasteiger partial charge in [-0.2, -0.15) is 0 Å². The average molecular weight is 273 g/mol. The third kappa shape index (κ3) is 2.96. The molecule has 1 aliphatic rings. The molecule has 0 aliphatic carbocycles. The Hall–Kier alpha value is -0.590. The summed E-state index contributed by atoms with van der Waals surface area (Å²) in [6.07, 6.45) is -0.409. The topological polar surface area (TPSA) is 68.2 Å². The van der Waals surface area contributed by atoms with Gasteiger partial charge >= 0.3 is 6.01 Å². The summed E-state index contributed by atoms with van der Waals surface area (Å²) in [6.45, 7) is 2.41. The number of halogens is 3. The monoisotopic (exact) mass is 272 g/mol. The molecule has 16 heavy (non-hydrogen) atoms. The highest BCUT2D eigenvalue weighted by atomic mass is 35.5. The van der Waals surface area contributed by atoms with Crippen molar-refractivity contribution in [1.82, 2.24) is 10.2 Å². The molecule has 0 aromatic carbocycles. The second-order valence-electron chi connectivity index (χ2n) is 3.48. The van der Waals surface area contributed by atoms with Crippen LogP contribution in [0.3, 0.4) is 0 Å². The van der Waals surface area contributed by atoms with Gasteiger partial charge in [0, 0.05) is 25.9 Å². The van der Waals surface area contributed by atoms with Crippen LogP contribution in [-0.2, 0) is 0 Å². The fourth-order valence-corrected chi connectivity index (χ4v) is 1.72. The molecule has 0 saturated carbocycles. The summed E-state index contributed by atoms with van der Waals surface area (Å²) in [5.41, 5.74) is 5.53. The summed E-state index contributed by atoms with van der Waals surface area (Å²) in [4.78, 5) is 1.74. The summed E-state index contributed by atoms with van der Waals surface area (Å²) < 4.78 is 18.3. The van der Waals surface area contributed by atoms with Crippen molar-refractivity contribution in [2.24, 2.45) is 5.73 Å². The predicted octanol–water partition coefficient (Wildman–Crippen LogP) is 1.10. The molecule has 0 amide bonds. The number of nitrogens with zero attached hydrogens (tertiary/aromatic N) is 3. The molecule has 2 unspecified atom stereocenters. The summed E-state index contributed by atoms with van der Waals surface area (Å²) in [5, 5.41) is 7.55. The van der Waals surface area contributed by atoms with Crippen molar-refractivity contribution in [2.45, 2.75) is 25.6 Å². The van der Waals surface area contributed by atoms with Crippen LogP contribution in [0.1, 0.15) is 12.3 Å². The summed E-state index contributed by atoms with van der Waals surface area (Å²) >= 11 is 0. The lowest BCUT2D eigenvalue weighted by Gasteiger charge is -2.19. The molecule has 1 aliphatic heterocycles. The maximum atomic E-state index is 13.1. The van der Waals surface area contributed by atoms with Gasteiger partial charge < -0.3 is 15.1 Å². The van der Waals surface area contributed by atoms with Gasteiger partial charge in [0.15, 0.2) is 0 Å². The Balaban J connectivity index is 0.00000112. The van der Waals surface area contributed by atoms with Crippen LogP contribution in [0, 0.1) is 6.92 Å². The van der Waals surface area contributed by atoms with Crippen LogP contribution in [0.2, 0.25) is 0 Å². The second kappa shape index (κ2) is 6.22. The number of anilines is 1. The van der Waals surface area contributed by atoms with Crippen molar-refractivity contribution < 1.29 is 8.81 Å². The molecule has 2 rings (SSSR count). The molecule has 5 nitrogen and oxygen atoms in total.